The summed E-state index contributed by atoms with van der Waals surface area (Å²) >= 11 is 2.90. The quantitative estimate of drug-likeness (QED) is 0.677. The van der Waals surface area contributed by atoms with E-state index in [-0.39, 0.29) is 12.5 Å². The smallest absolute Gasteiger partial charge is 0.265 e. The van der Waals surface area contributed by atoms with Crippen molar-refractivity contribution in [2.75, 3.05) is 18.2 Å². The van der Waals surface area contributed by atoms with Crippen LogP contribution >= 0.6 is 23.1 Å². The SMILES string of the molecule is CSc1ccccc1NC(=O)c1ccc(C#CCO)s1. The number of hydrogen-bond acceptors (Lipinski definition) is 4. The predicted molar refractivity (Wildman–Crippen MR) is 84.5 cm³/mol. The molecule has 2 rings (SSSR count). The zero-order chi connectivity index (χ0) is 14.4. The number of aliphatic hydroxyl groups excluding tert-OH is 1. The second-order valence-corrected chi connectivity index (χ2v) is 5.71. The number of thioether (sulfide) groups is 1. The number of hydrogen-bond donors (Lipinski definition) is 2. The second kappa shape index (κ2) is 7.15. The summed E-state index contributed by atoms with van der Waals surface area (Å²) in [6.07, 6.45) is 1.97. The average molecular weight is 303 g/mol. The predicted octanol–water partition coefficient (Wildman–Crippen LogP) is 3.07. The van der Waals surface area contributed by atoms with Crippen molar-refractivity contribution in [2.45, 2.75) is 4.90 Å². The van der Waals surface area contributed by atoms with Crippen molar-refractivity contribution in [3.63, 3.8) is 0 Å². The number of rotatable bonds is 3. The molecule has 0 aliphatic carbocycles. The highest BCUT2D eigenvalue weighted by Crippen LogP contribution is 2.26. The Hall–Kier alpha value is -1.74. The molecular formula is C15H13NO2S2. The van der Waals surface area contributed by atoms with E-state index < -0.39 is 0 Å². The van der Waals surface area contributed by atoms with E-state index in [4.69, 9.17) is 5.11 Å². The molecule has 5 heteroatoms. The summed E-state index contributed by atoms with van der Waals surface area (Å²) in [7, 11) is 0. The van der Waals surface area contributed by atoms with Gasteiger partial charge < -0.3 is 10.4 Å². The number of carbonyl (C=O) groups is 1. The maximum atomic E-state index is 12.2. The molecule has 0 spiro atoms. The Balaban J connectivity index is 2.14. The van der Waals surface area contributed by atoms with Gasteiger partial charge in [-0.2, -0.15) is 0 Å². The Morgan fingerprint density at radius 1 is 1.35 bits per heavy atom. The van der Waals surface area contributed by atoms with Crippen molar-refractivity contribution in [1.82, 2.24) is 0 Å². The van der Waals surface area contributed by atoms with Gasteiger partial charge in [-0.05, 0) is 30.5 Å². The molecule has 0 fully saturated rings. The second-order valence-electron chi connectivity index (χ2n) is 3.78. The van der Waals surface area contributed by atoms with Crippen molar-refractivity contribution in [2.24, 2.45) is 0 Å². The van der Waals surface area contributed by atoms with Crippen LogP contribution in [-0.4, -0.2) is 23.9 Å². The monoisotopic (exact) mass is 303 g/mol. The molecule has 0 aliphatic heterocycles. The molecule has 1 aromatic heterocycles. The van der Waals surface area contributed by atoms with E-state index in [9.17, 15) is 4.79 Å². The highest BCUT2D eigenvalue weighted by molar-refractivity contribution is 7.98. The van der Waals surface area contributed by atoms with Crippen LogP contribution in [0.1, 0.15) is 14.5 Å². The summed E-state index contributed by atoms with van der Waals surface area (Å²) in [6, 6.07) is 11.2. The van der Waals surface area contributed by atoms with E-state index >= 15 is 0 Å². The van der Waals surface area contributed by atoms with Gasteiger partial charge in [0.15, 0.2) is 0 Å². The normalized spacial score (nSPS) is 9.70. The fourth-order valence-electron chi connectivity index (χ4n) is 1.59. The summed E-state index contributed by atoms with van der Waals surface area (Å²) in [4.78, 5) is 14.6. The molecule has 0 atom stereocenters. The van der Waals surface area contributed by atoms with E-state index in [1.165, 1.54) is 11.3 Å². The Morgan fingerprint density at radius 3 is 2.90 bits per heavy atom. The molecule has 2 N–H and O–H groups in total. The summed E-state index contributed by atoms with van der Waals surface area (Å²) in [5, 5.41) is 11.5. The fourth-order valence-corrected chi connectivity index (χ4v) is 2.92. The molecule has 0 saturated carbocycles. The van der Waals surface area contributed by atoms with Crippen LogP contribution in [0.5, 0.6) is 0 Å². The molecule has 1 aromatic carbocycles. The zero-order valence-corrected chi connectivity index (χ0v) is 12.5. The third-order valence-corrected chi connectivity index (χ3v) is 4.27. The van der Waals surface area contributed by atoms with Gasteiger partial charge in [0.2, 0.25) is 0 Å². The lowest BCUT2D eigenvalue weighted by atomic mass is 10.3. The molecule has 0 unspecified atom stereocenters. The number of carbonyl (C=O) groups excluding carboxylic acids is 1. The lowest BCUT2D eigenvalue weighted by Crippen LogP contribution is -2.10. The minimum Gasteiger partial charge on any atom is -0.384 e. The first kappa shape index (κ1) is 14.7. The lowest BCUT2D eigenvalue weighted by molar-refractivity contribution is 0.103. The van der Waals surface area contributed by atoms with Gasteiger partial charge >= 0.3 is 0 Å². The van der Waals surface area contributed by atoms with E-state index in [2.05, 4.69) is 17.2 Å². The molecule has 20 heavy (non-hydrogen) atoms. The largest absolute Gasteiger partial charge is 0.384 e. The number of anilines is 1. The van der Waals surface area contributed by atoms with Crippen molar-refractivity contribution >= 4 is 34.7 Å². The number of thiophene rings is 1. The first-order valence-corrected chi connectivity index (χ1v) is 7.92. The molecule has 1 amide bonds. The van der Waals surface area contributed by atoms with E-state index in [0.717, 1.165) is 15.5 Å². The fraction of sp³-hybridized carbons (Fsp3) is 0.133. The third kappa shape index (κ3) is 3.64. The van der Waals surface area contributed by atoms with Crippen LogP contribution in [-0.2, 0) is 0 Å². The topological polar surface area (TPSA) is 49.3 Å². The Labute approximate surface area is 126 Å². The molecule has 0 radical (unpaired) electrons. The van der Waals surface area contributed by atoms with Crippen LogP contribution in [0, 0.1) is 11.8 Å². The third-order valence-electron chi connectivity index (χ3n) is 2.48. The van der Waals surface area contributed by atoms with Gasteiger partial charge in [-0.1, -0.05) is 24.0 Å². The van der Waals surface area contributed by atoms with Crippen molar-refractivity contribution < 1.29 is 9.90 Å². The molecular weight excluding hydrogens is 290 g/mol. The molecule has 1 heterocycles. The maximum Gasteiger partial charge on any atom is 0.265 e. The maximum absolute atomic E-state index is 12.2. The van der Waals surface area contributed by atoms with E-state index in [1.807, 2.05) is 30.5 Å². The van der Waals surface area contributed by atoms with Gasteiger partial charge in [-0.15, -0.1) is 23.1 Å². The molecule has 3 nitrogen and oxygen atoms in total. The highest BCUT2D eigenvalue weighted by atomic mass is 32.2. The summed E-state index contributed by atoms with van der Waals surface area (Å²) in [5.74, 6) is 5.21. The summed E-state index contributed by atoms with van der Waals surface area (Å²) in [5.41, 5.74) is 0.807. The van der Waals surface area contributed by atoms with Crippen LogP contribution in [0.2, 0.25) is 0 Å². The highest BCUT2D eigenvalue weighted by Gasteiger charge is 2.10. The zero-order valence-electron chi connectivity index (χ0n) is 10.8. The molecule has 0 aliphatic rings. The number of benzene rings is 1. The van der Waals surface area contributed by atoms with Crippen molar-refractivity contribution in [1.29, 1.82) is 0 Å². The van der Waals surface area contributed by atoms with Crippen LogP contribution < -0.4 is 5.32 Å². The molecule has 0 bridgehead atoms. The van der Waals surface area contributed by atoms with Gasteiger partial charge in [0.25, 0.3) is 5.91 Å². The van der Waals surface area contributed by atoms with E-state index in [0.29, 0.717) is 4.88 Å². The van der Waals surface area contributed by atoms with Crippen molar-refractivity contribution in [3.8, 4) is 11.8 Å². The first-order valence-electron chi connectivity index (χ1n) is 5.88. The number of para-hydroxylation sites is 1. The van der Waals surface area contributed by atoms with Crippen LogP contribution in [0.3, 0.4) is 0 Å². The van der Waals surface area contributed by atoms with E-state index in [1.54, 1.807) is 23.9 Å². The Kier molecular flexibility index (Phi) is 5.24. The number of aliphatic hydroxyl groups is 1. The number of nitrogens with one attached hydrogen (secondary N) is 1. The van der Waals surface area contributed by atoms with Gasteiger partial charge in [0.05, 0.1) is 15.4 Å². The Bertz CT molecular complexity index is 668. The average Bonchev–Trinajstić information content (AvgIpc) is 2.94. The van der Waals surface area contributed by atoms with Gasteiger partial charge in [-0.3, -0.25) is 4.79 Å². The lowest BCUT2D eigenvalue weighted by Gasteiger charge is -2.07. The summed E-state index contributed by atoms with van der Waals surface area (Å²) < 4.78 is 0. The van der Waals surface area contributed by atoms with Crippen LogP contribution in [0.4, 0.5) is 5.69 Å². The van der Waals surface area contributed by atoms with Crippen LogP contribution in [0.25, 0.3) is 0 Å². The van der Waals surface area contributed by atoms with Gasteiger partial charge in [0.1, 0.15) is 6.61 Å². The summed E-state index contributed by atoms with van der Waals surface area (Å²) in [6.45, 7) is -0.180. The standard InChI is InChI=1S/C15H13NO2S2/c1-19-13-7-3-2-6-12(13)16-15(18)14-9-8-11(20-14)5-4-10-17/h2-3,6-9,17H,10H2,1H3,(H,16,18). The Morgan fingerprint density at radius 2 is 2.15 bits per heavy atom. The molecule has 0 saturated heterocycles. The molecule has 2 aromatic rings. The molecule has 102 valence electrons. The number of amides is 1. The van der Waals surface area contributed by atoms with Gasteiger partial charge in [-0.25, -0.2) is 0 Å². The minimum absolute atomic E-state index is 0.145. The first-order chi connectivity index (χ1) is 9.74. The van der Waals surface area contributed by atoms with Crippen LogP contribution in [0.15, 0.2) is 41.3 Å². The van der Waals surface area contributed by atoms with Gasteiger partial charge in [0, 0.05) is 4.90 Å². The minimum atomic E-state index is -0.180. The van der Waals surface area contributed by atoms with Crippen molar-refractivity contribution in [3.05, 3.63) is 46.2 Å².